The molecule has 1 rings (SSSR count). The monoisotopic (exact) mass is 478 g/mol. The van der Waals surface area contributed by atoms with E-state index in [0.717, 1.165) is 18.5 Å². The van der Waals surface area contributed by atoms with Crippen molar-refractivity contribution in [1.29, 1.82) is 0 Å². The molecular weight excluding hydrogens is 434 g/mol. The summed E-state index contributed by atoms with van der Waals surface area (Å²) in [5.74, 6) is 0.239. The van der Waals surface area contributed by atoms with Crippen LogP contribution in [0.2, 0.25) is 0 Å². The van der Waals surface area contributed by atoms with Crippen LogP contribution in [0.15, 0.2) is 23.3 Å². The Bertz CT molecular complexity index is 717. The second-order valence-corrected chi connectivity index (χ2v) is 8.36. The fourth-order valence-electron chi connectivity index (χ4n) is 3.70. The first kappa shape index (κ1) is 29.4. The van der Waals surface area contributed by atoms with E-state index in [9.17, 15) is 9.59 Å². The summed E-state index contributed by atoms with van der Waals surface area (Å²) in [6, 6.07) is 5.74. The lowest BCUT2D eigenvalue weighted by atomic mass is 10.1. The molecule has 0 aliphatic heterocycles. The van der Waals surface area contributed by atoms with Gasteiger partial charge in [0.2, 0.25) is 0 Å². The molecule has 8 nitrogen and oxygen atoms in total. The normalized spacial score (nSPS) is 11.5. The van der Waals surface area contributed by atoms with Crippen molar-refractivity contribution in [3.8, 4) is 5.75 Å². The number of unbranched alkanes of at least 4 members (excludes halogenated alkanes) is 3. The van der Waals surface area contributed by atoms with Crippen molar-refractivity contribution in [3.63, 3.8) is 0 Å². The highest BCUT2D eigenvalue weighted by atomic mass is 16.5. The molecule has 0 fully saturated rings. The molecule has 34 heavy (non-hydrogen) atoms. The van der Waals surface area contributed by atoms with E-state index in [1.54, 1.807) is 13.8 Å². The Kier molecular flexibility index (Phi) is 15.4. The number of hydrogen-bond donors (Lipinski definition) is 1. The van der Waals surface area contributed by atoms with E-state index in [-0.39, 0.29) is 18.0 Å². The first-order valence-electron chi connectivity index (χ1n) is 12.7. The zero-order valence-corrected chi connectivity index (χ0v) is 21.5. The van der Waals surface area contributed by atoms with Gasteiger partial charge in [-0.25, -0.2) is 0 Å². The predicted octanol–water partition coefficient (Wildman–Crippen LogP) is 4.76. The molecule has 0 saturated carbocycles. The van der Waals surface area contributed by atoms with Gasteiger partial charge in [-0.15, -0.1) is 0 Å². The van der Waals surface area contributed by atoms with Crippen LogP contribution in [0, 0.1) is 0 Å². The Morgan fingerprint density at radius 3 is 2.09 bits per heavy atom. The summed E-state index contributed by atoms with van der Waals surface area (Å²) in [6.45, 7) is 9.92. The highest BCUT2D eigenvalue weighted by molar-refractivity contribution is 5.70. The van der Waals surface area contributed by atoms with E-state index >= 15 is 0 Å². The van der Waals surface area contributed by atoms with Gasteiger partial charge in [0.25, 0.3) is 0 Å². The van der Waals surface area contributed by atoms with Crippen molar-refractivity contribution in [2.75, 3.05) is 31.2 Å². The van der Waals surface area contributed by atoms with Gasteiger partial charge in [0.1, 0.15) is 0 Å². The van der Waals surface area contributed by atoms with E-state index in [1.165, 1.54) is 19.3 Å². The van der Waals surface area contributed by atoms with Gasteiger partial charge in [0, 0.05) is 37.7 Å². The van der Waals surface area contributed by atoms with Crippen LogP contribution in [0.1, 0.15) is 85.5 Å². The number of nitrogens with two attached hydrogens (primary N) is 1. The molecule has 0 saturated heterocycles. The summed E-state index contributed by atoms with van der Waals surface area (Å²) in [7, 11) is 0. The average Bonchev–Trinajstić information content (AvgIpc) is 2.81. The smallest absolute Gasteiger partial charge is 0.305 e. The Morgan fingerprint density at radius 2 is 1.56 bits per heavy atom. The quantitative estimate of drug-likeness (QED) is 0.175. The summed E-state index contributed by atoms with van der Waals surface area (Å²) in [5, 5.41) is 3.88. The standard InChI is InChI=1S/C26H43N3O5/c1-5-8-9-10-13-21(4)34-24-20-22(16-17-23(24)28-27)29(18-11-14-25(30)32-6-2)19-12-15-26(31)33-7-3/h16-17,20-21,27H,5-15,18-19H2,1-4H3/p+1. The number of benzene rings is 1. The summed E-state index contributed by atoms with van der Waals surface area (Å²) in [5.41, 5.74) is 7.14. The molecule has 1 atom stereocenters. The van der Waals surface area contributed by atoms with E-state index in [2.05, 4.69) is 23.9 Å². The lowest BCUT2D eigenvalue weighted by Gasteiger charge is -2.26. The molecule has 192 valence electrons. The zero-order chi connectivity index (χ0) is 25.2. The Hall–Kier alpha value is -2.64. The molecule has 0 heterocycles. The first-order chi connectivity index (χ1) is 16.4. The van der Waals surface area contributed by atoms with Crippen LogP contribution in [0.3, 0.4) is 0 Å². The van der Waals surface area contributed by atoms with Gasteiger partial charge in [-0.2, -0.15) is 5.53 Å². The molecule has 1 aromatic rings. The highest BCUT2D eigenvalue weighted by Gasteiger charge is 2.15. The van der Waals surface area contributed by atoms with Crippen molar-refractivity contribution in [2.45, 2.75) is 91.6 Å². The zero-order valence-electron chi connectivity index (χ0n) is 21.5. The number of esters is 2. The van der Waals surface area contributed by atoms with E-state index in [4.69, 9.17) is 19.7 Å². The van der Waals surface area contributed by atoms with Gasteiger partial charge in [-0.05, 0) is 63.7 Å². The largest absolute Gasteiger partial charge is 0.488 e. The van der Waals surface area contributed by atoms with Crippen LogP contribution < -0.4 is 15.2 Å². The third-order valence-electron chi connectivity index (χ3n) is 5.47. The maximum Gasteiger partial charge on any atom is 0.305 e. The van der Waals surface area contributed by atoms with Gasteiger partial charge in [0.05, 0.1) is 19.3 Å². The summed E-state index contributed by atoms with van der Waals surface area (Å²) in [6.07, 6.45) is 7.76. The van der Waals surface area contributed by atoms with Crippen LogP contribution >= 0.6 is 0 Å². The molecule has 8 heteroatoms. The lowest BCUT2D eigenvalue weighted by Crippen LogP contribution is -2.27. The first-order valence-corrected chi connectivity index (χ1v) is 12.7. The molecular formula is C26H44N3O5+. The lowest BCUT2D eigenvalue weighted by molar-refractivity contribution is -0.210. The van der Waals surface area contributed by atoms with Crippen molar-refractivity contribution in [2.24, 2.45) is 5.11 Å². The molecule has 0 aliphatic rings. The number of carbonyl (C=O) groups is 2. The number of hydrogen-bond acceptors (Lipinski definition) is 7. The predicted molar refractivity (Wildman–Crippen MR) is 133 cm³/mol. The van der Waals surface area contributed by atoms with Crippen LogP contribution in [-0.4, -0.2) is 44.3 Å². The molecule has 0 amide bonds. The number of anilines is 1. The van der Waals surface area contributed by atoms with Crippen molar-refractivity contribution < 1.29 is 29.3 Å². The minimum Gasteiger partial charge on any atom is -0.488 e. The van der Waals surface area contributed by atoms with Gasteiger partial charge in [-0.3, -0.25) is 9.59 Å². The van der Waals surface area contributed by atoms with Crippen molar-refractivity contribution in [1.82, 2.24) is 0 Å². The topological polar surface area (TPSA) is 103 Å². The number of ether oxygens (including phenoxy) is 3. The Labute approximate surface area is 204 Å². The minimum atomic E-state index is -0.202. The number of nitrogens with zero attached hydrogens (tertiary/aromatic N) is 2. The van der Waals surface area contributed by atoms with Gasteiger partial charge in [0.15, 0.2) is 11.4 Å². The molecule has 0 radical (unpaired) electrons. The molecule has 1 unspecified atom stereocenters. The van der Waals surface area contributed by atoms with Gasteiger partial charge in [-0.1, -0.05) is 26.2 Å². The summed E-state index contributed by atoms with van der Waals surface area (Å²) >= 11 is 0. The van der Waals surface area contributed by atoms with Crippen LogP contribution in [0.25, 0.3) is 0 Å². The fraction of sp³-hybridized carbons (Fsp3) is 0.692. The minimum absolute atomic E-state index is 0.0497. The Balaban J connectivity index is 2.89. The molecule has 0 aliphatic carbocycles. The molecule has 0 bridgehead atoms. The Morgan fingerprint density at radius 1 is 0.941 bits per heavy atom. The molecule has 0 aromatic heterocycles. The second-order valence-electron chi connectivity index (χ2n) is 8.36. The van der Waals surface area contributed by atoms with Crippen LogP contribution in [0.4, 0.5) is 11.4 Å². The second kappa shape index (κ2) is 17.8. The van der Waals surface area contributed by atoms with Gasteiger partial charge < -0.3 is 19.1 Å². The number of rotatable bonds is 19. The molecule has 0 spiro atoms. The van der Waals surface area contributed by atoms with E-state index < -0.39 is 0 Å². The third-order valence-corrected chi connectivity index (χ3v) is 5.47. The van der Waals surface area contributed by atoms with E-state index in [0.29, 0.717) is 63.4 Å². The average molecular weight is 479 g/mol. The van der Waals surface area contributed by atoms with Gasteiger partial charge >= 0.3 is 11.9 Å². The third kappa shape index (κ3) is 12.0. The maximum atomic E-state index is 11.8. The van der Waals surface area contributed by atoms with Crippen LogP contribution in [0.5, 0.6) is 5.75 Å². The summed E-state index contributed by atoms with van der Waals surface area (Å²) < 4.78 is 16.3. The number of carbonyl (C=O) groups excluding carboxylic acids is 2. The molecule has 2 N–H and O–H groups in total. The molecule has 1 aromatic carbocycles. The SMILES string of the molecule is CCCCCCC(C)Oc1cc(N(CCCC(=O)OCC)CCCC(=O)OCC)ccc1N=[NH2+]. The van der Waals surface area contributed by atoms with E-state index in [1.807, 2.05) is 18.2 Å². The highest BCUT2D eigenvalue weighted by Crippen LogP contribution is 2.33. The maximum absolute atomic E-state index is 11.8. The van der Waals surface area contributed by atoms with Crippen molar-refractivity contribution >= 4 is 23.3 Å². The fourth-order valence-corrected chi connectivity index (χ4v) is 3.70. The van der Waals surface area contributed by atoms with Crippen molar-refractivity contribution in [3.05, 3.63) is 18.2 Å². The van der Waals surface area contributed by atoms with Crippen LogP contribution in [-0.2, 0) is 19.1 Å². The summed E-state index contributed by atoms with van der Waals surface area (Å²) in [4.78, 5) is 25.7.